The summed E-state index contributed by atoms with van der Waals surface area (Å²) in [6.45, 7) is 8.44. The third kappa shape index (κ3) is 2.26. The third-order valence-corrected chi connectivity index (χ3v) is 3.32. The predicted molar refractivity (Wildman–Crippen MR) is 79.6 cm³/mol. The molecule has 3 nitrogen and oxygen atoms in total. The molecule has 1 aromatic heterocycles. The van der Waals surface area contributed by atoms with Gasteiger partial charge in [-0.05, 0) is 45.0 Å². The summed E-state index contributed by atoms with van der Waals surface area (Å²) >= 11 is 0. The van der Waals surface area contributed by atoms with Crippen molar-refractivity contribution in [2.24, 2.45) is 0 Å². The molecule has 1 heterocycles. The van der Waals surface area contributed by atoms with Gasteiger partial charge in [0.05, 0.1) is 5.52 Å². The van der Waals surface area contributed by atoms with Crippen LogP contribution in [0.15, 0.2) is 24.3 Å². The number of aryl methyl sites for hydroxylation is 1. The van der Waals surface area contributed by atoms with Crippen LogP contribution in [0.5, 0.6) is 0 Å². The summed E-state index contributed by atoms with van der Waals surface area (Å²) in [5, 5.41) is 4.44. The largest absolute Gasteiger partial charge is 0.388 e. The number of benzene rings is 1. The first-order chi connectivity index (χ1) is 8.69. The van der Waals surface area contributed by atoms with Crippen molar-refractivity contribution in [1.82, 2.24) is 4.98 Å². The van der Waals surface area contributed by atoms with Crippen LogP contribution in [-0.4, -0.2) is 25.1 Å². The van der Waals surface area contributed by atoms with E-state index in [1.165, 1.54) is 11.1 Å². The number of hydrogen-bond acceptors (Lipinski definition) is 3. The molecule has 1 N–H and O–H groups in total. The second-order valence-corrected chi connectivity index (χ2v) is 4.43. The van der Waals surface area contributed by atoms with Gasteiger partial charge in [-0.25, -0.2) is 0 Å². The summed E-state index contributed by atoms with van der Waals surface area (Å²) in [6, 6.07) is 8.58. The fourth-order valence-electron chi connectivity index (χ4n) is 2.34. The summed E-state index contributed by atoms with van der Waals surface area (Å²) < 4.78 is 0. The van der Waals surface area contributed by atoms with E-state index in [-0.39, 0.29) is 0 Å². The highest BCUT2D eigenvalue weighted by molar-refractivity contribution is 5.93. The zero-order valence-electron chi connectivity index (χ0n) is 11.6. The van der Waals surface area contributed by atoms with Crippen molar-refractivity contribution in [3.63, 3.8) is 0 Å². The summed E-state index contributed by atoms with van der Waals surface area (Å²) in [4.78, 5) is 6.92. The lowest BCUT2D eigenvalue weighted by Crippen LogP contribution is -2.21. The molecule has 0 saturated carbocycles. The maximum Gasteiger partial charge on any atom is 0.0727 e. The first-order valence-electron chi connectivity index (χ1n) is 6.53. The first-order valence-corrected chi connectivity index (χ1v) is 6.53. The smallest absolute Gasteiger partial charge is 0.0727 e. The standard InChI is InChI=1S/C15H21N3/c1-5-18(6-2)12-7-8-14-13(10-12)15(16-4)9-11(3)17-14/h7-10H,5-6H2,1-4H3,(H,16,17). The number of nitrogens with one attached hydrogen (secondary N) is 1. The van der Waals surface area contributed by atoms with E-state index in [1.807, 2.05) is 14.0 Å². The number of nitrogens with zero attached hydrogens (tertiary/aromatic N) is 2. The number of fused-ring (bicyclic) bond motifs is 1. The molecule has 0 bridgehead atoms. The van der Waals surface area contributed by atoms with Gasteiger partial charge in [-0.3, -0.25) is 4.98 Å². The number of pyridine rings is 1. The van der Waals surface area contributed by atoms with Crippen LogP contribution >= 0.6 is 0 Å². The van der Waals surface area contributed by atoms with Gasteiger partial charge in [0.1, 0.15) is 0 Å². The zero-order valence-corrected chi connectivity index (χ0v) is 11.6. The van der Waals surface area contributed by atoms with Crippen molar-refractivity contribution in [3.05, 3.63) is 30.0 Å². The van der Waals surface area contributed by atoms with Gasteiger partial charge in [0.2, 0.25) is 0 Å². The molecule has 0 aliphatic heterocycles. The minimum absolute atomic E-state index is 1.02. The predicted octanol–water partition coefficient (Wildman–Crippen LogP) is 3.43. The Morgan fingerprint density at radius 1 is 1.17 bits per heavy atom. The fourth-order valence-corrected chi connectivity index (χ4v) is 2.34. The van der Waals surface area contributed by atoms with Gasteiger partial charge in [0, 0.05) is 42.6 Å². The number of anilines is 2. The van der Waals surface area contributed by atoms with E-state index in [4.69, 9.17) is 0 Å². The number of rotatable bonds is 4. The molecule has 0 atom stereocenters. The van der Waals surface area contributed by atoms with Crippen molar-refractivity contribution >= 4 is 22.3 Å². The molecule has 18 heavy (non-hydrogen) atoms. The van der Waals surface area contributed by atoms with Gasteiger partial charge < -0.3 is 10.2 Å². The minimum Gasteiger partial charge on any atom is -0.388 e. The molecule has 1 aromatic carbocycles. The Morgan fingerprint density at radius 2 is 1.89 bits per heavy atom. The lowest BCUT2D eigenvalue weighted by Gasteiger charge is -2.21. The van der Waals surface area contributed by atoms with Crippen molar-refractivity contribution in [1.29, 1.82) is 0 Å². The number of aromatic nitrogens is 1. The Balaban J connectivity index is 2.59. The highest BCUT2D eigenvalue weighted by Gasteiger charge is 2.07. The molecule has 0 aliphatic rings. The molecule has 0 fully saturated rings. The molecule has 0 amide bonds. The SMILES string of the molecule is CCN(CC)c1ccc2nc(C)cc(NC)c2c1. The van der Waals surface area contributed by atoms with Crippen molar-refractivity contribution < 1.29 is 0 Å². The van der Waals surface area contributed by atoms with E-state index in [1.54, 1.807) is 0 Å². The van der Waals surface area contributed by atoms with Gasteiger partial charge in [0.15, 0.2) is 0 Å². The summed E-state index contributed by atoms with van der Waals surface area (Å²) in [7, 11) is 1.96. The quantitative estimate of drug-likeness (QED) is 0.891. The van der Waals surface area contributed by atoms with Crippen LogP contribution in [0.3, 0.4) is 0 Å². The van der Waals surface area contributed by atoms with E-state index in [2.05, 4.69) is 53.3 Å². The molecule has 96 valence electrons. The molecule has 0 radical (unpaired) electrons. The van der Waals surface area contributed by atoms with Gasteiger partial charge in [-0.15, -0.1) is 0 Å². The summed E-state index contributed by atoms with van der Waals surface area (Å²) in [5.74, 6) is 0. The van der Waals surface area contributed by atoms with E-state index in [0.29, 0.717) is 0 Å². The highest BCUT2D eigenvalue weighted by atomic mass is 15.1. The van der Waals surface area contributed by atoms with Crippen LogP contribution in [0.4, 0.5) is 11.4 Å². The van der Waals surface area contributed by atoms with Gasteiger partial charge in [-0.1, -0.05) is 0 Å². The average molecular weight is 243 g/mol. The average Bonchev–Trinajstić information content (AvgIpc) is 2.39. The van der Waals surface area contributed by atoms with Crippen molar-refractivity contribution in [2.45, 2.75) is 20.8 Å². The molecular formula is C15H21N3. The molecule has 3 heteroatoms. The Hall–Kier alpha value is -1.77. The zero-order chi connectivity index (χ0) is 13.1. The molecule has 2 rings (SSSR count). The topological polar surface area (TPSA) is 28.2 Å². The van der Waals surface area contributed by atoms with Crippen molar-refractivity contribution in [3.8, 4) is 0 Å². The minimum atomic E-state index is 1.02. The molecular weight excluding hydrogens is 222 g/mol. The van der Waals surface area contributed by atoms with Crippen LogP contribution < -0.4 is 10.2 Å². The van der Waals surface area contributed by atoms with Crippen LogP contribution in [0, 0.1) is 6.92 Å². The Morgan fingerprint density at radius 3 is 2.50 bits per heavy atom. The van der Waals surface area contributed by atoms with Crippen LogP contribution in [0.2, 0.25) is 0 Å². The Kier molecular flexibility index (Phi) is 3.70. The molecule has 0 aliphatic carbocycles. The summed E-state index contributed by atoms with van der Waals surface area (Å²) in [6.07, 6.45) is 0. The Bertz CT molecular complexity index is 545. The maximum atomic E-state index is 4.58. The number of hydrogen-bond donors (Lipinski definition) is 1. The lowest BCUT2D eigenvalue weighted by atomic mass is 10.1. The van der Waals surface area contributed by atoms with E-state index < -0.39 is 0 Å². The van der Waals surface area contributed by atoms with E-state index in [9.17, 15) is 0 Å². The second kappa shape index (κ2) is 5.25. The van der Waals surface area contributed by atoms with Crippen LogP contribution in [0.1, 0.15) is 19.5 Å². The normalized spacial score (nSPS) is 10.7. The molecule has 0 spiro atoms. The van der Waals surface area contributed by atoms with E-state index in [0.717, 1.165) is 30.0 Å². The molecule has 0 unspecified atom stereocenters. The van der Waals surface area contributed by atoms with Crippen LogP contribution in [-0.2, 0) is 0 Å². The third-order valence-electron chi connectivity index (χ3n) is 3.32. The Labute approximate surface area is 109 Å². The lowest BCUT2D eigenvalue weighted by molar-refractivity contribution is 0.867. The van der Waals surface area contributed by atoms with E-state index >= 15 is 0 Å². The highest BCUT2D eigenvalue weighted by Crippen LogP contribution is 2.27. The molecule has 0 saturated heterocycles. The summed E-state index contributed by atoms with van der Waals surface area (Å²) in [5.41, 5.74) is 4.50. The van der Waals surface area contributed by atoms with Crippen LogP contribution in [0.25, 0.3) is 10.9 Å². The fraction of sp³-hybridized carbons (Fsp3) is 0.400. The molecule has 2 aromatic rings. The van der Waals surface area contributed by atoms with Gasteiger partial charge in [-0.2, -0.15) is 0 Å². The van der Waals surface area contributed by atoms with Crippen molar-refractivity contribution in [2.75, 3.05) is 30.4 Å². The van der Waals surface area contributed by atoms with Gasteiger partial charge >= 0.3 is 0 Å². The first kappa shape index (κ1) is 12.7. The van der Waals surface area contributed by atoms with Gasteiger partial charge in [0.25, 0.3) is 0 Å². The second-order valence-electron chi connectivity index (χ2n) is 4.43. The monoisotopic (exact) mass is 243 g/mol. The maximum absolute atomic E-state index is 4.58.